The van der Waals surface area contributed by atoms with Crippen LogP contribution in [0.15, 0.2) is 18.2 Å². The first-order chi connectivity index (χ1) is 9.65. The Hall–Kier alpha value is -2.35. The Morgan fingerprint density at radius 3 is 2.85 bits per heavy atom. The number of aromatic nitrogens is 2. The third kappa shape index (κ3) is 1.94. The average Bonchev–Trinajstić information content (AvgIpc) is 3.24. The molecule has 1 aliphatic carbocycles. The number of nitrogens with two attached hydrogens (primary N) is 1. The molecule has 1 fully saturated rings. The van der Waals surface area contributed by atoms with Crippen molar-refractivity contribution in [3.8, 4) is 17.3 Å². The van der Waals surface area contributed by atoms with Crippen LogP contribution >= 0.6 is 0 Å². The van der Waals surface area contributed by atoms with E-state index in [1.54, 1.807) is 6.07 Å². The molecule has 2 N–H and O–H groups in total. The van der Waals surface area contributed by atoms with Crippen LogP contribution in [0, 0.1) is 17.1 Å². The Morgan fingerprint density at radius 1 is 1.50 bits per heavy atom. The number of rotatable bonds is 3. The van der Waals surface area contributed by atoms with E-state index < -0.39 is 5.82 Å². The predicted octanol–water partition coefficient (Wildman–Crippen LogP) is 3.04. The maximum atomic E-state index is 13.4. The number of nitrogen functional groups attached to an aromatic ring is 1. The van der Waals surface area contributed by atoms with Gasteiger partial charge in [0.1, 0.15) is 29.2 Å². The van der Waals surface area contributed by atoms with Crippen LogP contribution in [0.3, 0.4) is 0 Å². The largest absolute Gasteiger partial charge is 0.383 e. The van der Waals surface area contributed by atoms with Crippen molar-refractivity contribution in [3.05, 3.63) is 35.4 Å². The second-order valence-electron chi connectivity index (χ2n) is 5.03. The van der Waals surface area contributed by atoms with Crippen molar-refractivity contribution in [2.24, 2.45) is 0 Å². The number of nitriles is 1. The first-order valence-corrected chi connectivity index (χ1v) is 6.71. The third-order valence-corrected chi connectivity index (χ3v) is 3.66. The molecule has 1 aromatic heterocycles. The van der Waals surface area contributed by atoms with E-state index in [0.717, 1.165) is 25.2 Å². The van der Waals surface area contributed by atoms with E-state index in [9.17, 15) is 4.39 Å². The second-order valence-corrected chi connectivity index (χ2v) is 5.03. The third-order valence-electron chi connectivity index (χ3n) is 3.66. The number of hydrogen-bond acceptors (Lipinski definition) is 3. The molecule has 0 aliphatic heterocycles. The molecule has 1 saturated carbocycles. The van der Waals surface area contributed by atoms with Crippen molar-refractivity contribution >= 4 is 5.82 Å². The number of benzene rings is 1. The molecule has 0 bridgehead atoms. The minimum Gasteiger partial charge on any atom is -0.383 e. The summed E-state index contributed by atoms with van der Waals surface area (Å²) >= 11 is 0. The molecular weight excluding hydrogens is 255 g/mol. The molecule has 1 heterocycles. The zero-order valence-electron chi connectivity index (χ0n) is 11.2. The Balaban J connectivity index is 2.13. The van der Waals surface area contributed by atoms with E-state index in [1.807, 2.05) is 17.6 Å². The molecule has 0 unspecified atom stereocenters. The fourth-order valence-electron chi connectivity index (χ4n) is 2.44. The molecule has 0 atom stereocenters. The van der Waals surface area contributed by atoms with Gasteiger partial charge < -0.3 is 10.3 Å². The lowest BCUT2D eigenvalue weighted by Gasteiger charge is -2.05. The Kier molecular flexibility index (Phi) is 2.94. The van der Waals surface area contributed by atoms with Gasteiger partial charge in [-0.3, -0.25) is 0 Å². The van der Waals surface area contributed by atoms with Gasteiger partial charge >= 0.3 is 0 Å². The summed E-state index contributed by atoms with van der Waals surface area (Å²) in [5.41, 5.74) is 7.51. The van der Waals surface area contributed by atoms with E-state index >= 15 is 0 Å². The first kappa shape index (κ1) is 12.7. The van der Waals surface area contributed by atoms with Gasteiger partial charge in [-0.2, -0.15) is 5.26 Å². The molecule has 0 saturated heterocycles. The highest BCUT2D eigenvalue weighted by Gasteiger charge is 2.30. The number of nitrogens with zero attached hydrogens (tertiary/aromatic N) is 3. The maximum Gasteiger partial charge on any atom is 0.140 e. The van der Waals surface area contributed by atoms with E-state index in [2.05, 4.69) is 4.98 Å². The second kappa shape index (κ2) is 4.64. The van der Waals surface area contributed by atoms with Gasteiger partial charge in [-0.05, 0) is 38.0 Å². The molecular formula is C15H15FN4. The van der Waals surface area contributed by atoms with Crippen LogP contribution in [0.1, 0.15) is 37.1 Å². The lowest BCUT2D eigenvalue weighted by Crippen LogP contribution is -2.04. The topological polar surface area (TPSA) is 67.6 Å². The highest BCUT2D eigenvalue weighted by atomic mass is 19.1. The maximum absolute atomic E-state index is 13.4. The van der Waals surface area contributed by atoms with Gasteiger partial charge in [-0.1, -0.05) is 0 Å². The SMILES string of the molecule is CCn1c(C2CC2)nc(-c2ccc(F)c(C#N)c2)c1N. The van der Waals surface area contributed by atoms with Gasteiger partial charge in [-0.25, -0.2) is 9.37 Å². The number of imidazole rings is 1. The van der Waals surface area contributed by atoms with Crippen LogP contribution < -0.4 is 5.73 Å². The summed E-state index contributed by atoms with van der Waals surface area (Å²) < 4.78 is 15.4. The smallest absolute Gasteiger partial charge is 0.140 e. The summed E-state index contributed by atoms with van der Waals surface area (Å²) in [6.45, 7) is 2.79. The minimum absolute atomic E-state index is 0.0147. The number of hydrogen-bond donors (Lipinski definition) is 1. The Bertz CT molecular complexity index is 707. The molecule has 5 heteroatoms. The summed E-state index contributed by atoms with van der Waals surface area (Å²) in [4.78, 5) is 4.62. The minimum atomic E-state index is -0.521. The van der Waals surface area contributed by atoms with Crippen LogP contribution in [0.5, 0.6) is 0 Å². The van der Waals surface area contributed by atoms with E-state index in [4.69, 9.17) is 11.0 Å². The van der Waals surface area contributed by atoms with Crippen molar-refractivity contribution in [2.75, 3.05) is 5.73 Å². The van der Waals surface area contributed by atoms with Gasteiger partial charge in [0, 0.05) is 18.0 Å². The average molecular weight is 270 g/mol. The van der Waals surface area contributed by atoms with Crippen molar-refractivity contribution in [1.29, 1.82) is 5.26 Å². The van der Waals surface area contributed by atoms with Gasteiger partial charge in [0.25, 0.3) is 0 Å². The van der Waals surface area contributed by atoms with Crippen molar-refractivity contribution < 1.29 is 4.39 Å². The molecule has 1 aromatic carbocycles. The van der Waals surface area contributed by atoms with Crippen LogP contribution in [0.25, 0.3) is 11.3 Å². The number of halogens is 1. The quantitative estimate of drug-likeness (QED) is 0.932. The normalized spacial score (nSPS) is 14.2. The van der Waals surface area contributed by atoms with Gasteiger partial charge in [-0.15, -0.1) is 0 Å². The summed E-state index contributed by atoms with van der Waals surface area (Å²) in [5, 5.41) is 8.92. The Labute approximate surface area is 116 Å². The van der Waals surface area contributed by atoms with Crippen LogP contribution in [0.4, 0.5) is 10.2 Å². The van der Waals surface area contributed by atoms with Crippen molar-refractivity contribution in [3.63, 3.8) is 0 Å². The summed E-state index contributed by atoms with van der Waals surface area (Å²) in [7, 11) is 0. The van der Waals surface area contributed by atoms with Crippen molar-refractivity contribution in [1.82, 2.24) is 9.55 Å². The molecule has 0 amide bonds. The van der Waals surface area contributed by atoms with E-state index in [-0.39, 0.29) is 5.56 Å². The van der Waals surface area contributed by atoms with Gasteiger partial charge in [0.05, 0.1) is 5.56 Å². The van der Waals surface area contributed by atoms with Crippen LogP contribution in [-0.2, 0) is 6.54 Å². The highest BCUT2D eigenvalue weighted by Crippen LogP contribution is 2.42. The predicted molar refractivity (Wildman–Crippen MR) is 74.4 cm³/mol. The number of anilines is 1. The molecule has 0 radical (unpaired) electrons. The summed E-state index contributed by atoms with van der Waals surface area (Å²) in [6, 6.07) is 6.25. The summed E-state index contributed by atoms with van der Waals surface area (Å²) in [5.74, 6) is 1.56. The van der Waals surface area contributed by atoms with E-state index in [0.29, 0.717) is 23.0 Å². The monoisotopic (exact) mass is 270 g/mol. The fraction of sp³-hybridized carbons (Fsp3) is 0.333. The Morgan fingerprint density at radius 2 is 2.25 bits per heavy atom. The molecule has 2 aromatic rings. The molecule has 102 valence electrons. The molecule has 1 aliphatic rings. The molecule has 4 nitrogen and oxygen atoms in total. The van der Waals surface area contributed by atoms with Crippen molar-refractivity contribution in [2.45, 2.75) is 32.2 Å². The standard InChI is InChI=1S/C15H15FN4/c1-2-20-14(18)13(19-15(20)9-3-4-9)10-5-6-12(16)11(7-10)8-17/h5-7,9H,2-4,18H2,1H3. The van der Waals surface area contributed by atoms with Crippen LogP contribution in [-0.4, -0.2) is 9.55 Å². The lowest BCUT2D eigenvalue weighted by molar-refractivity contribution is 0.624. The zero-order valence-corrected chi connectivity index (χ0v) is 11.2. The molecule has 0 spiro atoms. The van der Waals surface area contributed by atoms with Crippen LogP contribution in [0.2, 0.25) is 0 Å². The zero-order chi connectivity index (χ0) is 14.3. The lowest BCUT2D eigenvalue weighted by atomic mass is 10.1. The fourth-order valence-corrected chi connectivity index (χ4v) is 2.44. The van der Waals surface area contributed by atoms with Gasteiger partial charge in [0.15, 0.2) is 0 Å². The van der Waals surface area contributed by atoms with E-state index in [1.165, 1.54) is 12.1 Å². The van der Waals surface area contributed by atoms with Gasteiger partial charge in [0.2, 0.25) is 0 Å². The summed E-state index contributed by atoms with van der Waals surface area (Å²) in [6.07, 6.45) is 2.28. The first-order valence-electron chi connectivity index (χ1n) is 6.71. The molecule has 3 rings (SSSR count). The molecule has 20 heavy (non-hydrogen) atoms. The highest BCUT2D eigenvalue weighted by molar-refractivity contribution is 5.72.